The standard InChI is InChI=1S/C12H16Cl/c13-12-8-4-7-11(9-12)10-5-2-1-3-6-10/h7-10H,1-6H2. The van der Waals surface area contributed by atoms with Crippen molar-refractivity contribution < 1.29 is 0 Å². The quantitative estimate of drug-likeness (QED) is 0.588. The third-order valence-electron chi connectivity index (χ3n) is 3.05. The Balaban J connectivity index is 2.02. The van der Waals surface area contributed by atoms with E-state index in [2.05, 4.69) is 18.6 Å². The third kappa shape index (κ3) is 2.37. The summed E-state index contributed by atoms with van der Waals surface area (Å²) in [6.07, 6.45) is 14.6. The Kier molecular flexibility index (Phi) is 3.10. The molecule has 2 rings (SSSR count). The highest BCUT2D eigenvalue weighted by molar-refractivity contribution is 6.31. The lowest BCUT2D eigenvalue weighted by Gasteiger charge is -2.24. The molecule has 0 atom stereocenters. The molecule has 1 fully saturated rings. The van der Waals surface area contributed by atoms with Gasteiger partial charge in [0.25, 0.3) is 0 Å². The molecule has 0 nitrogen and oxygen atoms in total. The molecule has 1 radical (unpaired) electrons. The molecule has 0 aromatic carbocycles. The molecule has 0 heterocycles. The molecule has 0 aromatic rings. The molecular formula is C12H16Cl. The summed E-state index contributed by atoms with van der Waals surface area (Å²) in [6, 6.07) is 0. The van der Waals surface area contributed by atoms with Crippen LogP contribution in [0.5, 0.6) is 0 Å². The van der Waals surface area contributed by atoms with E-state index in [1.54, 1.807) is 0 Å². The number of hydrogen-bond donors (Lipinski definition) is 0. The minimum Gasteiger partial charge on any atom is -0.0888 e. The number of halogens is 1. The van der Waals surface area contributed by atoms with E-state index in [0.717, 1.165) is 17.4 Å². The Hall–Kier alpha value is -0.230. The molecule has 2 aliphatic rings. The highest BCUT2D eigenvalue weighted by atomic mass is 35.5. The number of allylic oxidation sites excluding steroid dienone is 4. The van der Waals surface area contributed by atoms with Gasteiger partial charge in [-0.3, -0.25) is 0 Å². The van der Waals surface area contributed by atoms with Crippen LogP contribution in [-0.2, 0) is 0 Å². The fourth-order valence-electron chi connectivity index (χ4n) is 2.31. The molecule has 0 saturated heterocycles. The van der Waals surface area contributed by atoms with Gasteiger partial charge in [0, 0.05) is 11.5 Å². The van der Waals surface area contributed by atoms with E-state index >= 15 is 0 Å². The topological polar surface area (TPSA) is 0 Å². The van der Waals surface area contributed by atoms with Crippen LogP contribution in [0, 0.1) is 12.3 Å². The van der Waals surface area contributed by atoms with Gasteiger partial charge in [0.1, 0.15) is 0 Å². The molecule has 2 aliphatic carbocycles. The van der Waals surface area contributed by atoms with Crippen LogP contribution >= 0.6 is 11.6 Å². The fourth-order valence-corrected chi connectivity index (χ4v) is 2.52. The zero-order valence-electron chi connectivity index (χ0n) is 7.93. The van der Waals surface area contributed by atoms with Gasteiger partial charge in [0.2, 0.25) is 0 Å². The largest absolute Gasteiger partial charge is 0.0888 e. The Morgan fingerprint density at radius 1 is 1.15 bits per heavy atom. The van der Waals surface area contributed by atoms with Crippen LogP contribution in [-0.4, -0.2) is 0 Å². The van der Waals surface area contributed by atoms with Crippen molar-refractivity contribution in [2.24, 2.45) is 5.92 Å². The first kappa shape index (κ1) is 9.33. The molecule has 0 N–H and O–H groups in total. The molecule has 0 spiro atoms. The van der Waals surface area contributed by atoms with Crippen molar-refractivity contribution in [3.63, 3.8) is 0 Å². The fraction of sp³-hybridized carbons (Fsp3) is 0.583. The van der Waals surface area contributed by atoms with E-state index in [1.807, 2.05) is 0 Å². The Morgan fingerprint density at radius 2 is 1.92 bits per heavy atom. The predicted octanol–water partition coefficient (Wildman–Crippen LogP) is 4.22. The molecule has 13 heavy (non-hydrogen) atoms. The van der Waals surface area contributed by atoms with Crippen molar-refractivity contribution in [2.75, 3.05) is 0 Å². The second kappa shape index (κ2) is 4.32. The van der Waals surface area contributed by atoms with Gasteiger partial charge in [-0.1, -0.05) is 36.9 Å². The van der Waals surface area contributed by atoms with Crippen LogP contribution < -0.4 is 0 Å². The maximum Gasteiger partial charge on any atom is 0.0224 e. The molecule has 0 amide bonds. The van der Waals surface area contributed by atoms with Crippen LogP contribution in [0.3, 0.4) is 0 Å². The van der Waals surface area contributed by atoms with Crippen LogP contribution in [0.2, 0.25) is 0 Å². The van der Waals surface area contributed by atoms with Crippen LogP contribution in [0.25, 0.3) is 0 Å². The monoisotopic (exact) mass is 195 g/mol. The van der Waals surface area contributed by atoms with Gasteiger partial charge in [-0.25, -0.2) is 0 Å². The van der Waals surface area contributed by atoms with E-state index < -0.39 is 0 Å². The predicted molar refractivity (Wildman–Crippen MR) is 57.5 cm³/mol. The highest BCUT2D eigenvalue weighted by Gasteiger charge is 2.17. The maximum atomic E-state index is 6.00. The van der Waals surface area contributed by atoms with Gasteiger partial charge in [-0.2, -0.15) is 0 Å². The molecule has 71 valence electrons. The second-order valence-electron chi connectivity index (χ2n) is 4.01. The molecular weight excluding hydrogens is 180 g/mol. The van der Waals surface area contributed by atoms with E-state index in [-0.39, 0.29) is 0 Å². The molecule has 0 aliphatic heterocycles. The Labute approximate surface area is 85.7 Å². The minimum atomic E-state index is 0.802. The first-order valence-electron chi connectivity index (χ1n) is 5.27. The summed E-state index contributed by atoms with van der Waals surface area (Å²) in [5.41, 5.74) is 1.49. The highest BCUT2D eigenvalue weighted by Crippen LogP contribution is 2.33. The molecule has 1 saturated carbocycles. The SMILES string of the molecule is ClC1=CC(C2CCCCC2)=CC[CH]1. The number of rotatable bonds is 1. The lowest BCUT2D eigenvalue weighted by atomic mass is 9.82. The second-order valence-corrected chi connectivity index (χ2v) is 4.44. The average molecular weight is 196 g/mol. The minimum absolute atomic E-state index is 0.802. The third-order valence-corrected chi connectivity index (χ3v) is 3.31. The average Bonchev–Trinajstić information content (AvgIpc) is 2.19. The van der Waals surface area contributed by atoms with Gasteiger partial charge >= 0.3 is 0 Å². The molecule has 1 heteroatoms. The summed E-state index contributed by atoms with van der Waals surface area (Å²) >= 11 is 6.00. The smallest absolute Gasteiger partial charge is 0.0224 e. The van der Waals surface area contributed by atoms with Crippen molar-refractivity contribution in [1.29, 1.82) is 0 Å². The van der Waals surface area contributed by atoms with Crippen LogP contribution in [0.15, 0.2) is 22.8 Å². The summed E-state index contributed by atoms with van der Waals surface area (Å²) in [5, 5.41) is 0.933. The summed E-state index contributed by atoms with van der Waals surface area (Å²) in [5.74, 6) is 0.802. The van der Waals surface area contributed by atoms with Crippen molar-refractivity contribution in [3.8, 4) is 0 Å². The molecule has 0 bridgehead atoms. The van der Waals surface area contributed by atoms with E-state index in [1.165, 1.54) is 37.7 Å². The van der Waals surface area contributed by atoms with Crippen molar-refractivity contribution >= 4 is 11.6 Å². The normalized spacial score (nSPS) is 25.3. The summed E-state index contributed by atoms with van der Waals surface area (Å²) < 4.78 is 0. The zero-order chi connectivity index (χ0) is 9.10. The lowest BCUT2D eigenvalue weighted by Crippen LogP contribution is -2.09. The van der Waals surface area contributed by atoms with Crippen LogP contribution in [0.4, 0.5) is 0 Å². The summed E-state index contributed by atoms with van der Waals surface area (Å²) in [7, 11) is 0. The zero-order valence-corrected chi connectivity index (χ0v) is 8.69. The lowest BCUT2D eigenvalue weighted by molar-refractivity contribution is 0.407. The van der Waals surface area contributed by atoms with Gasteiger partial charge in [0.05, 0.1) is 0 Å². The van der Waals surface area contributed by atoms with Gasteiger partial charge in [-0.05, 0) is 36.8 Å². The van der Waals surface area contributed by atoms with Crippen molar-refractivity contribution in [1.82, 2.24) is 0 Å². The van der Waals surface area contributed by atoms with E-state index in [0.29, 0.717) is 0 Å². The summed E-state index contributed by atoms with van der Waals surface area (Å²) in [6.45, 7) is 0. The molecule has 0 unspecified atom stereocenters. The first-order chi connectivity index (χ1) is 6.36. The molecule has 0 aromatic heterocycles. The van der Waals surface area contributed by atoms with E-state index in [4.69, 9.17) is 11.6 Å². The first-order valence-corrected chi connectivity index (χ1v) is 5.64. The van der Waals surface area contributed by atoms with Crippen molar-refractivity contribution in [2.45, 2.75) is 38.5 Å². The summed E-state index contributed by atoms with van der Waals surface area (Å²) in [4.78, 5) is 0. The Bertz CT molecular complexity index is 232. The van der Waals surface area contributed by atoms with Gasteiger partial charge in [-0.15, -0.1) is 0 Å². The van der Waals surface area contributed by atoms with Gasteiger partial charge < -0.3 is 0 Å². The van der Waals surface area contributed by atoms with E-state index in [9.17, 15) is 0 Å². The van der Waals surface area contributed by atoms with Gasteiger partial charge in [0.15, 0.2) is 0 Å². The maximum absolute atomic E-state index is 6.00. The van der Waals surface area contributed by atoms with Crippen LogP contribution in [0.1, 0.15) is 38.5 Å². The van der Waals surface area contributed by atoms with Crippen molar-refractivity contribution in [3.05, 3.63) is 29.2 Å². The number of hydrogen-bond acceptors (Lipinski definition) is 0. The Morgan fingerprint density at radius 3 is 2.62 bits per heavy atom.